The summed E-state index contributed by atoms with van der Waals surface area (Å²) in [6.07, 6.45) is -0.405. The maximum Gasteiger partial charge on any atom is 0.0418 e. The fraction of sp³-hybridized carbons (Fsp3) is 0.600. The number of carboxylic acid groups (broad SMARTS) is 4. The van der Waals surface area contributed by atoms with Crippen LogP contribution >= 0.6 is 0 Å². The number of hydrogen-bond donors (Lipinski definition) is 0. The summed E-state index contributed by atoms with van der Waals surface area (Å²) in [5.41, 5.74) is 0. The quantitative estimate of drug-likeness (QED) is 0.318. The third-order valence-corrected chi connectivity index (χ3v) is 1.55. The smallest absolute Gasteiger partial charge is 0.0418 e. The minimum absolute atomic E-state index is 0. The fourth-order valence-corrected chi connectivity index (χ4v) is 0.743. The maximum absolute atomic E-state index is 9.77. The van der Waals surface area contributed by atoms with Crippen molar-refractivity contribution in [3.8, 4) is 0 Å². The average Bonchev–Trinajstić information content (AvgIpc) is 2.22. The van der Waals surface area contributed by atoms with E-state index < -0.39 is 36.7 Å². The molecule has 0 N–H and O–H groups in total. The van der Waals surface area contributed by atoms with Gasteiger partial charge in [-0.25, -0.2) is 0 Å². The predicted octanol–water partition coefficient (Wildman–Crippen LogP) is -4.69. The molecule has 0 aromatic heterocycles. The Hall–Kier alpha value is -1.60. The SMILES string of the molecule is O=C([O-])CCC(=O)[O-].O=C([O-])CCCCC(=O)[O-].[Cu]. The van der Waals surface area contributed by atoms with Gasteiger partial charge in [0.1, 0.15) is 0 Å². The normalized spacial score (nSPS) is 8.42. The van der Waals surface area contributed by atoms with Crippen LogP contribution in [0.15, 0.2) is 0 Å². The Labute approximate surface area is 119 Å². The molecule has 0 unspecified atom stereocenters. The standard InChI is InChI=1S/C6H10O4.C4H6O4.Cu/c7-5(8)3-1-2-4-6(9)10;5-3(6)1-2-4(7)8;/h1-4H2,(H,7,8)(H,9,10);1-2H2,(H,5,6)(H,7,8);/p-4. The van der Waals surface area contributed by atoms with Crippen molar-refractivity contribution in [2.24, 2.45) is 0 Å². The van der Waals surface area contributed by atoms with E-state index in [9.17, 15) is 39.6 Å². The van der Waals surface area contributed by atoms with Gasteiger partial charge in [-0.15, -0.1) is 0 Å². The Bertz CT molecular complexity index is 272. The molecular weight excluding hydrogens is 312 g/mol. The first-order valence-corrected chi connectivity index (χ1v) is 5.05. The van der Waals surface area contributed by atoms with Gasteiger partial charge >= 0.3 is 0 Å². The van der Waals surface area contributed by atoms with Gasteiger partial charge < -0.3 is 39.6 Å². The first-order valence-electron chi connectivity index (χ1n) is 5.05. The van der Waals surface area contributed by atoms with E-state index in [1.165, 1.54) is 0 Å². The summed E-state index contributed by atoms with van der Waals surface area (Å²) >= 11 is 0. The second-order valence-electron chi connectivity index (χ2n) is 3.20. The van der Waals surface area contributed by atoms with E-state index in [0.717, 1.165) is 0 Å². The van der Waals surface area contributed by atoms with E-state index in [0.29, 0.717) is 12.8 Å². The zero-order valence-electron chi connectivity index (χ0n) is 9.81. The summed E-state index contributed by atoms with van der Waals surface area (Å²) in [7, 11) is 0. The molecule has 19 heavy (non-hydrogen) atoms. The Morgan fingerprint density at radius 1 is 0.526 bits per heavy atom. The van der Waals surface area contributed by atoms with Crippen molar-refractivity contribution < 1.29 is 56.7 Å². The Balaban J connectivity index is -0.000000262. The molecular formula is C10H12CuO8-4. The average molecular weight is 324 g/mol. The monoisotopic (exact) mass is 323 g/mol. The van der Waals surface area contributed by atoms with Crippen LogP contribution in [0.3, 0.4) is 0 Å². The number of aliphatic carboxylic acids is 4. The van der Waals surface area contributed by atoms with Crippen LogP contribution in [0.25, 0.3) is 0 Å². The minimum atomic E-state index is -1.37. The molecule has 115 valence electrons. The fourth-order valence-electron chi connectivity index (χ4n) is 0.743. The number of unbranched alkanes of at least 4 members (excludes halogenated alkanes) is 1. The molecule has 0 bridgehead atoms. The van der Waals surface area contributed by atoms with Gasteiger partial charge in [-0.3, -0.25) is 0 Å². The summed E-state index contributed by atoms with van der Waals surface area (Å²) in [5.74, 6) is -5.01. The third-order valence-electron chi connectivity index (χ3n) is 1.55. The number of carbonyl (C=O) groups is 4. The van der Waals surface area contributed by atoms with E-state index in [-0.39, 0.29) is 29.9 Å². The van der Waals surface area contributed by atoms with Crippen LogP contribution in [0, 0.1) is 0 Å². The molecule has 0 saturated carbocycles. The molecule has 0 aromatic carbocycles. The molecule has 0 aliphatic heterocycles. The van der Waals surface area contributed by atoms with Gasteiger partial charge in [-0.1, -0.05) is 0 Å². The van der Waals surface area contributed by atoms with Crippen LogP contribution < -0.4 is 20.4 Å². The van der Waals surface area contributed by atoms with Crippen molar-refractivity contribution in [1.82, 2.24) is 0 Å². The van der Waals surface area contributed by atoms with Gasteiger partial charge in [0.05, 0.1) is 0 Å². The van der Waals surface area contributed by atoms with Crippen molar-refractivity contribution in [3.05, 3.63) is 0 Å². The zero-order chi connectivity index (χ0) is 14.6. The Morgan fingerprint density at radius 3 is 0.895 bits per heavy atom. The molecule has 0 atom stereocenters. The molecule has 0 rings (SSSR count). The van der Waals surface area contributed by atoms with Crippen LogP contribution in [0.4, 0.5) is 0 Å². The van der Waals surface area contributed by atoms with Crippen LogP contribution in [0.5, 0.6) is 0 Å². The molecule has 0 aliphatic rings. The molecule has 0 amide bonds. The molecule has 9 heteroatoms. The van der Waals surface area contributed by atoms with E-state index in [1.54, 1.807) is 0 Å². The van der Waals surface area contributed by atoms with Crippen molar-refractivity contribution >= 4 is 23.9 Å². The molecule has 0 aliphatic carbocycles. The van der Waals surface area contributed by atoms with Gasteiger partial charge in [0, 0.05) is 40.9 Å². The molecule has 0 heterocycles. The van der Waals surface area contributed by atoms with E-state index in [2.05, 4.69) is 0 Å². The maximum atomic E-state index is 9.77. The number of carbonyl (C=O) groups excluding carboxylic acids is 4. The van der Waals surface area contributed by atoms with Crippen LogP contribution in [-0.2, 0) is 36.2 Å². The summed E-state index contributed by atoms with van der Waals surface area (Å²) < 4.78 is 0. The number of carboxylic acids is 4. The first kappa shape index (κ1) is 22.6. The van der Waals surface area contributed by atoms with Crippen molar-refractivity contribution in [2.45, 2.75) is 38.5 Å². The van der Waals surface area contributed by atoms with Crippen LogP contribution in [0.1, 0.15) is 38.5 Å². The summed E-state index contributed by atoms with van der Waals surface area (Å²) in [4.78, 5) is 38.5. The van der Waals surface area contributed by atoms with Gasteiger partial charge in [0.2, 0.25) is 0 Å². The topological polar surface area (TPSA) is 161 Å². The Morgan fingerprint density at radius 2 is 0.737 bits per heavy atom. The second kappa shape index (κ2) is 14.5. The van der Waals surface area contributed by atoms with Gasteiger partial charge in [0.15, 0.2) is 0 Å². The summed E-state index contributed by atoms with van der Waals surface area (Å²) in [6.45, 7) is 0. The number of rotatable bonds is 8. The third kappa shape index (κ3) is 31.4. The molecule has 8 nitrogen and oxygen atoms in total. The molecule has 0 aromatic rings. The van der Waals surface area contributed by atoms with E-state index in [1.807, 2.05) is 0 Å². The Kier molecular flexibility index (Phi) is 17.2. The van der Waals surface area contributed by atoms with Gasteiger partial charge in [0.25, 0.3) is 0 Å². The van der Waals surface area contributed by atoms with Crippen molar-refractivity contribution in [3.63, 3.8) is 0 Å². The van der Waals surface area contributed by atoms with Crippen molar-refractivity contribution in [1.29, 1.82) is 0 Å². The molecule has 0 spiro atoms. The summed E-state index contributed by atoms with van der Waals surface area (Å²) in [5, 5.41) is 38.5. The molecule has 0 fully saturated rings. The van der Waals surface area contributed by atoms with E-state index >= 15 is 0 Å². The van der Waals surface area contributed by atoms with Gasteiger partial charge in [-0.2, -0.15) is 0 Å². The van der Waals surface area contributed by atoms with Crippen molar-refractivity contribution in [2.75, 3.05) is 0 Å². The summed E-state index contributed by atoms with van der Waals surface area (Å²) in [6, 6.07) is 0. The number of hydrogen-bond acceptors (Lipinski definition) is 8. The van der Waals surface area contributed by atoms with E-state index in [4.69, 9.17) is 0 Å². The molecule has 0 saturated heterocycles. The zero-order valence-corrected chi connectivity index (χ0v) is 10.8. The molecule has 1 radical (unpaired) electrons. The predicted molar refractivity (Wildman–Crippen MR) is 47.7 cm³/mol. The van der Waals surface area contributed by atoms with Gasteiger partial charge in [-0.05, 0) is 38.5 Å². The first-order chi connectivity index (χ1) is 8.25. The second-order valence-corrected chi connectivity index (χ2v) is 3.20. The van der Waals surface area contributed by atoms with Crippen LogP contribution in [-0.4, -0.2) is 23.9 Å². The minimum Gasteiger partial charge on any atom is -0.550 e. The largest absolute Gasteiger partial charge is 0.550 e. The van der Waals surface area contributed by atoms with Crippen LogP contribution in [0.2, 0.25) is 0 Å².